The molecule has 0 unspecified atom stereocenters. The van der Waals surface area contributed by atoms with E-state index in [1.807, 2.05) is 21.6 Å². The molecule has 0 atom stereocenters. The Morgan fingerprint density at radius 2 is 0.889 bits per heavy atom. The van der Waals surface area contributed by atoms with Crippen molar-refractivity contribution in [2.75, 3.05) is 0 Å². The first kappa shape index (κ1) is 8.31. The van der Waals surface area contributed by atoms with Gasteiger partial charge in [-0.3, -0.25) is 0 Å². The van der Waals surface area contributed by atoms with E-state index in [2.05, 4.69) is 26.3 Å². The van der Waals surface area contributed by atoms with E-state index in [0.29, 0.717) is 0 Å². The standard InChI is InChI=1S/C8H12S/c1-5-9(6-2,7-3)8-4/h5-8H,1-4H2. The number of hydrogen-bond acceptors (Lipinski definition) is 0. The molecular formula is C8H12S. The summed E-state index contributed by atoms with van der Waals surface area (Å²) < 4.78 is 0. The van der Waals surface area contributed by atoms with E-state index in [0.717, 1.165) is 0 Å². The smallest absolute Gasteiger partial charge is 0.0431 e. The van der Waals surface area contributed by atoms with E-state index < -0.39 is 10.0 Å². The lowest BCUT2D eigenvalue weighted by molar-refractivity contribution is 2.33. The van der Waals surface area contributed by atoms with Crippen molar-refractivity contribution < 1.29 is 0 Å². The number of rotatable bonds is 4. The highest BCUT2D eigenvalue weighted by Gasteiger charge is 2.03. The number of hydrogen-bond donors (Lipinski definition) is 0. The summed E-state index contributed by atoms with van der Waals surface area (Å²) in [7, 11) is -1.09. The molecule has 0 aliphatic carbocycles. The van der Waals surface area contributed by atoms with E-state index in [4.69, 9.17) is 0 Å². The highest BCUT2D eigenvalue weighted by molar-refractivity contribution is 8.42. The molecule has 0 amide bonds. The van der Waals surface area contributed by atoms with Crippen molar-refractivity contribution in [2.24, 2.45) is 0 Å². The zero-order valence-corrected chi connectivity index (χ0v) is 6.36. The van der Waals surface area contributed by atoms with Crippen LogP contribution in [-0.4, -0.2) is 0 Å². The molecule has 9 heavy (non-hydrogen) atoms. The van der Waals surface area contributed by atoms with Gasteiger partial charge in [-0.1, -0.05) is 26.3 Å². The second kappa shape index (κ2) is 3.36. The van der Waals surface area contributed by atoms with Crippen molar-refractivity contribution in [2.45, 2.75) is 0 Å². The van der Waals surface area contributed by atoms with Crippen LogP contribution in [0.2, 0.25) is 0 Å². The molecule has 0 aromatic heterocycles. The van der Waals surface area contributed by atoms with Gasteiger partial charge in [0.15, 0.2) is 0 Å². The molecule has 0 nitrogen and oxygen atoms in total. The summed E-state index contributed by atoms with van der Waals surface area (Å²) >= 11 is 0. The van der Waals surface area contributed by atoms with Crippen LogP contribution in [0.3, 0.4) is 0 Å². The second-order valence-electron chi connectivity index (χ2n) is 1.48. The van der Waals surface area contributed by atoms with Crippen LogP contribution >= 0.6 is 10.0 Å². The Bertz CT molecular complexity index is 107. The van der Waals surface area contributed by atoms with Gasteiger partial charge in [-0.15, -0.1) is 0 Å². The molecule has 0 aromatic carbocycles. The summed E-state index contributed by atoms with van der Waals surface area (Å²) in [6, 6.07) is 0. The highest BCUT2D eigenvalue weighted by atomic mass is 32.3. The van der Waals surface area contributed by atoms with Crippen molar-refractivity contribution in [3.63, 3.8) is 0 Å². The summed E-state index contributed by atoms with van der Waals surface area (Å²) in [4.78, 5) is 0. The third-order valence-electron chi connectivity index (χ3n) is 1.15. The van der Waals surface area contributed by atoms with Gasteiger partial charge >= 0.3 is 0 Å². The molecule has 0 aromatic rings. The van der Waals surface area contributed by atoms with Gasteiger partial charge in [0.05, 0.1) is 0 Å². The van der Waals surface area contributed by atoms with Crippen LogP contribution in [0.5, 0.6) is 0 Å². The maximum absolute atomic E-state index is 3.67. The zero-order valence-electron chi connectivity index (χ0n) is 5.55. The summed E-state index contributed by atoms with van der Waals surface area (Å²) in [5.74, 6) is 0. The normalized spacial score (nSPS) is 11.6. The van der Waals surface area contributed by atoms with Crippen molar-refractivity contribution >= 4 is 10.0 Å². The Hall–Kier alpha value is -0.690. The first-order valence-corrected chi connectivity index (χ1v) is 4.46. The molecule has 0 rings (SSSR count). The molecule has 0 fully saturated rings. The molecule has 1 heteroatoms. The molecule has 0 aliphatic rings. The molecular weight excluding hydrogens is 128 g/mol. The molecule has 0 saturated carbocycles. The Morgan fingerprint density at radius 3 is 0.889 bits per heavy atom. The molecule has 0 aliphatic heterocycles. The Balaban J connectivity index is 4.53. The van der Waals surface area contributed by atoms with Gasteiger partial charge in [0.1, 0.15) is 0 Å². The Kier molecular flexibility index (Phi) is 3.10. The molecule has 0 N–H and O–H groups in total. The Labute approximate surface area is 58.6 Å². The molecule has 0 spiro atoms. The minimum absolute atomic E-state index is 1.09. The monoisotopic (exact) mass is 140 g/mol. The molecule has 50 valence electrons. The topological polar surface area (TPSA) is 0 Å². The summed E-state index contributed by atoms with van der Waals surface area (Å²) in [5, 5.41) is 7.33. The lowest BCUT2D eigenvalue weighted by atomic mass is 11.2. The maximum Gasteiger partial charge on any atom is -0.0431 e. The van der Waals surface area contributed by atoms with E-state index in [1.165, 1.54) is 0 Å². The lowest BCUT2D eigenvalue weighted by Gasteiger charge is -2.22. The fourth-order valence-electron chi connectivity index (χ4n) is 0.408. The van der Waals surface area contributed by atoms with Crippen LogP contribution in [-0.2, 0) is 0 Å². The van der Waals surface area contributed by atoms with Crippen LogP contribution in [0.15, 0.2) is 47.9 Å². The maximum atomic E-state index is 3.67. The van der Waals surface area contributed by atoms with Crippen LogP contribution < -0.4 is 0 Å². The van der Waals surface area contributed by atoms with Crippen molar-refractivity contribution in [1.29, 1.82) is 0 Å². The third kappa shape index (κ3) is 1.61. The fourth-order valence-corrected chi connectivity index (χ4v) is 1.22. The largest absolute Gasteiger partial charge is 0.162 e. The van der Waals surface area contributed by atoms with Crippen LogP contribution in [0, 0.1) is 0 Å². The van der Waals surface area contributed by atoms with E-state index in [9.17, 15) is 0 Å². The zero-order chi connectivity index (χ0) is 7.33. The van der Waals surface area contributed by atoms with Gasteiger partial charge in [0.25, 0.3) is 0 Å². The highest BCUT2D eigenvalue weighted by Crippen LogP contribution is 2.52. The van der Waals surface area contributed by atoms with Crippen LogP contribution in [0.25, 0.3) is 0 Å². The average molecular weight is 140 g/mol. The fraction of sp³-hybridized carbons (Fsp3) is 0. The first-order chi connectivity index (χ1) is 4.24. The summed E-state index contributed by atoms with van der Waals surface area (Å²) in [6.07, 6.45) is 0. The van der Waals surface area contributed by atoms with Crippen molar-refractivity contribution in [3.8, 4) is 0 Å². The molecule has 0 bridgehead atoms. The third-order valence-corrected chi connectivity index (χ3v) is 3.46. The quantitative estimate of drug-likeness (QED) is 0.561. The van der Waals surface area contributed by atoms with E-state index >= 15 is 0 Å². The minimum atomic E-state index is -1.09. The molecule has 0 radical (unpaired) electrons. The predicted octanol–water partition coefficient (Wildman–Crippen LogP) is 3.37. The van der Waals surface area contributed by atoms with E-state index in [1.54, 1.807) is 0 Å². The van der Waals surface area contributed by atoms with Gasteiger partial charge in [-0.05, 0) is 21.6 Å². The minimum Gasteiger partial charge on any atom is -0.162 e. The molecule has 0 heterocycles. The SMILES string of the molecule is C=CS(C=C)(C=C)C=C. The Morgan fingerprint density at radius 1 is 0.667 bits per heavy atom. The van der Waals surface area contributed by atoms with Gasteiger partial charge in [-0.25, -0.2) is 0 Å². The van der Waals surface area contributed by atoms with Crippen LogP contribution in [0.4, 0.5) is 0 Å². The van der Waals surface area contributed by atoms with Crippen molar-refractivity contribution in [1.82, 2.24) is 0 Å². The lowest BCUT2D eigenvalue weighted by Crippen LogP contribution is -1.76. The van der Waals surface area contributed by atoms with E-state index in [-0.39, 0.29) is 0 Å². The van der Waals surface area contributed by atoms with Gasteiger partial charge in [0.2, 0.25) is 0 Å². The van der Waals surface area contributed by atoms with Gasteiger partial charge < -0.3 is 0 Å². The molecule has 0 saturated heterocycles. The van der Waals surface area contributed by atoms with Gasteiger partial charge in [0, 0.05) is 0 Å². The van der Waals surface area contributed by atoms with Crippen molar-refractivity contribution in [3.05, 3.63) is 47.9 Å². The predicted molar refractivity (Wildman–Crippen MR) is 48.4 cm³/mol. The second-order valence-corrected chi connectivity index (χ2v) is 4.45. The van der Waals surface area contributed by atoms with Crippen LogP contribution in [0.1, 0.15) is 0 Å². The summed E-state index contributed by atoms with van der Waals surface area (Å²) in [6.45, 7) is 14.7. The van der Waals surface area contributed by atoms with Gasteiger partial charge in [-0.2, -0.15) is 10.0 Å². The average Bonchev–Trinajstić information content (AvgIpc) is 1.95. The first-order valence-electron chi connectivity index (χ1n) is 2.58. The summed E-state index contributed by atoms with van der Waals surface area (Å²) in [5.41, 5.74) is 0.